The predicted octanol–water partition coefficient (Wildman–Crippen LogP) is 5.05. The lowest BCUT2D eigenvalue weighted by molar-refractivity contribution is -0.139. The molecule has 1 saturated carbocycles. The average Bonchev–Trinajstić information content (AvgIpc) is 2.80. The maximum absolute atomic E-state index is 13.2. The van der Waals surface area contributed by atoms with Gasteiger partial charge in [0.1, 0.15) is 11.5 Å². The van der Waals surface area contributed by atoms with Crippen LogP contribution >= 0.6 is 0 Å². The van der Waals surface area contributed by atoms with Crippen molar-refractivity contribution >= 4 is 17.5 Å². The third-order valence-corrected chi connectivity index (χ3v) is 6.14. The van der Waals surface area contributed by atoms with Crippen LogP contribution in [0.5, 0.6) is 5.75 Å². The van der Waals surface area contributed by atoms with Gasteiger partial charge in [0.15, 0.2) is 0 Å². The van der Waals surface area contributed by atoms with Crippen molar-refractivity contribution in [1.82, 2.24) is 0 Å². The second-order valence-electron chi connectivity index (χ2n) is 8.25. The van der Waals surface area contributed by atoms with Crippen LogP contribution in [-0.2, 0) is 20.7 Å². The summed E-state index contributed by atoms with van der Waals surface area (Å²) in [5.41, 5.74) is 4.05. The molecule has 1 aliphatic carbocycles. The SMILES string of the molecule is CCOc1ccc([C@H]2C(C(=O)OCCc3ccccc3)=C(C)N=C3CCCC(=O)C32)cc1. The first-order valence-electron chi connectivity index (χ1n) is 11.3. The van der Waals surface area contributed by atoms with Crippen LogP contribution in [0.15, 0.2) is 70.9 Å². The zero-order valence-corrected chi connectivity index (χ0v) is 18.7. The van der Waals surface area contributed by atoms with Gasteiger partial charge in [-0.25, -0.2) is 4.79 Å². The van der Waals surface area contributed by atoms with Gasteiger partial charge in [-0.15, -0.1) is 0 Å². The first kappa shape index (κ1) is 22.0. The quantitative estimate of drug-likeness (QED) is 0.575. The zero-order valence-electron chi connectivity index (χ0n) is 18.7. The highest BCUT2D eigenvalue weighted by atomic mass is 16.5. The van der Waals surface area contributed by atoms with Crippen LogP contribution < -0.4 is 4.74 Å². The van der Waals surface area contributed by atoms with Gasteiger partial charge in [-0.1, -0.05) is 42.5 Å². The summed E-state index contributed by atoms with van der Waals surface area (Å²) in [6.07, 6.45) is 2.77. The fourth-order valence-corrected chi connectivity index (χ4v) is 4.67. The number of rotatable bonds is 7. The summed E-state index contributed by atoms with van der Waals surface area (Å²) >= 11 is 0. The molecule has 2 aromatic rings. The van der Waals surface area contributed by atoms with Crippen LogP contribution in [0.25, 0.3) is 0 Å². The number of hydrogen-bond donors (Lipinski definition) is 0. The summed E-state index contributed by atoms with van der Waals surface area (Å²) in [6.45, 7) is 4.65. The fraction of sp³-hybridized carbons (Fsp3) is 0.370. The van der Waals surface area contributed by atoms with Crippen LogP contribution in [0.1, 0.15) is 50.2 Å². The van der Waals surface area contributed by atoms with Gasteiger partial charge in [0.25, 0.3) is 0 Å². The number of ketones is 1. The molecule has 0 bridgehead atoms. The highest BCUT2D eigenvalue weighted by Crippen LogP contribution is 2.43. The maximum atomic E-state index is 13.2. The standard InChI is InChI=1S/C27H29NO4/c1-3-31-21-14-12-20(13-15-21)25-24(18(2)28-22-10-7-11-23(29)26(22)25)27(30)32-17-16-19-8-5-4-6-9-19/h4-6,8-9,12-15,25-26H,3,7,10-11,16-17H2,1-2H3/t25-,26?/m0/s1. The number of nitrogens with zero attached hydrogens (tertiary/aromatic N) is 1. The van der Waals surface area contributed by atoms with Gasteiger partial charge in [-0.05, 0) is 49.9 Å². The van der Waals surface area contributed by atoms with Crippen molar-refractivity contribution in [2.24, 2.45) is 10.9 Å². The molecule has 2 atom stereocenters. The lowest BCUT2D eigenvalue weighted by atomic mass is 9.69. The predicted molar refractivity (Wildman–Crippen MR) is 124 cm³/mol. The van der Waals surface area contributed by atoms with Crippen molar-refractivity contribution in [3.63, 3.8) is 0 Å². The lowest BCUT2D eigenvalue weighted by Crippen LogP contribution is -2.39. The Labute approximate surface area is 189 Å². The van der Waals surface area contributed by atoms with E-state index in [-0.39, 0.29) is 18.3 Å². The van der Waals surface area contributed by atoms with Crippen LogP contribution in [0.4, 0.5) is 0 Å². The Kier molecular flexibility index (Phi) is 6.84. The lowest BCUT2D eigenvalue weighted by Gasteiger charge is -2.35. The summed E-state index contributed by atoms with van der Waals surface area (Å²) in [5.74, 6) is -0.254. The molecule has 166 valence electrons. The van der Waals surface area contributed by atoms with Crippen LogP contribution in [-0.4, -0.2) is 30.7 Å². The van der Waals surface area contributed by atoms with Gasteiger partial charge in [0.2, 0.25) is 0 Å². The fourth-order valence-electron chi connectivity index (χ4n) is 4.67. The molecular formula is C27H29NO4. The smallest absolute Gasteiger partial charge is 0.336 e. The first-order valence-corrected chi connectivity index (χ1v) is 11.3. The van der Waals surface area contributed by atoms with Gasteiger partial charge in [-0.3, -0.25) is 9.79 Å². The molecule has 1 fully saturated rings. The van der Waals surface area contributed by atoms with Crippen molar-refractivity contribution < 1.29 is 19.1 Å². The van der Waals surface area contributed by atoms with Crippen molar-refractivity contribution in [2.45, 2.75) is 45.4 Å². The summed E-state index contributed by atoms with van der Waals surface area (Å²) in [5, 5.41) is 0. The number of carbonyl (C=O) groups excluding carboxylic acids is 2. The van der Waals surface area contributed by atoms with Gasteiger partial charge < -0.3 is 9.47 Å². The molecular weight excluding hydrogens is 402 g/mol. The molecule has 0 radical (unpaired) electrons. The number of benzene rings is 2. The van der Waals surface area contributed by atoms with E-state index in [0.717, 1.165) is 35.4 Å². The monoisotopic (exact) mass is 431 g/mol. The highest BCUT2D eigenvalue weighted by molar-refractivity contribution is 6.11. The highest BCUT2D eigenvalue weighted by Gasteiger charge is 2.43. The summed E-state index contributed by atoms with van der Waals surface area (Å²) in [7, 11) is 0. The molecule has 0 spiro atoms. The molecule has 2 aliphatic rings. The first-order chi connectivity index (χ1) is 15.6. The molecule has 0 aromatic heterocycles. The summed E-state index contributed by atoms with van der Waals surface area (Å²) in [4.78, 5) is 30.9. The topological polar surface area (TPSA) is 65.0 Å². The van der Waals surface area contributed by atoms with Crippen molar-refractivity contribution in [1.29, 1.82) is 0 Å². The Morgan fingerprint density at radius 3 is 2.50 bits per heavy atom. The van der Waals surface area contributed by atoms with Gasteiger partial charge in [0.05, 0.1) is 24.7 Å². The van der Waals surface area contributed by atoms with E-state index >= 15 is 0 Å². The number of fused-ring (bicyclic) bond motifs is 1. The van der Waals surface area contributed by atoms with E-state index in [1.165, 1.54) is 0 Å². The number of carbonyl (C=O) groups is 2. The molecule has 4 rings (SSSR count). The second kappa shape index (κ2) is 9.94. The van der Waals surface area contributed by atoms with E-state index in [1.54, 1.807) is 0 Å². The molecule has 1 unspecified atom stereocenters. The average molecular weight is 432 g/mol. The van der Waals surface area contributed by atoms with E-state index in [9.17, 15) is 9.59 Å². The number of hydrogen-bond acceptors (Lipinski definition) is 5. The van der Waals surface area contributed by atoms with Gasteiger partial charge >= 0.3 is 5.97 Å². The molecule has 0 N–H and O–H groups in total. The molecule has 5 nitrogen and oxygen atoms in total. The molecule has 5 heteroatoms. The molecule has 2 aromatic carbocycles. The molecule has 1 heterocycles. The Morgan fingerprint density at radius 2 is 1.78 bits per heavy atom. The van der Waals surface area contributed by atoms with Gasteiger partial charge in [-0.2, -0.15) is 0 Å². The minimum atomic E-state index is -0.401. The maximum Gasteiger partial charge on any atom is 0.336 e. The number of aliphatic imine (C=N–C) groups is 1. The molecule has 1 aliphatic heterocycles. The number of esters is 1. The Balaban J connectivity index is 1.62. The Hall–Kier alpha value is -3.21. The minimum Gasteiger partial charge on any atom is -0.494 e. The largest absolute Gasteiger partial charge is 0.494 e. The van der Waals surface area contributed by atoms with Crippen LogP contribution in [0, 0.1) is 5.92 Å². The van der Waals surface area contributed by atoms with Crippen molar-refractivity contribution in [3.05, 3.63) is 77.0 Å². The Morgan fingerprint density at radius 1 is 1.03 bits per heavy atom. The van der Waals surface area contributed by atoms with E-state index in [1.807, 2.05) is 68.4 Å². The normalized spacial score (nSPS) is 20.4. The third-order valence-electron chi connectivity index (χ3n) is 6.14. The van der Waals surface area contributed by atoms with Crippen molar-refractivity contribution in [3.8, 4) is 5.75 Å². The Bertz CT molecular complexity index is 1040. The molecule has 0 amide bonds. The van der Waals surface area contributed by atoms with E-state index < -0.39 is 11.9 Å². The van der Waals surface area contributed by atoms with E-state index in [0.29, 0.717) is 30.7 Å². The van der Waals surface area contributed by atoms with Crippen LogP contribution in [0.3, 0.4) is 0 Å². The number of ether oxygens (including phenoxy) is 2. The zero-order chi connectivity index (χ0) is 22.5. The second-order valence-corrected chi connectivity index (χ2v) is 8.25. The number of Topliss-reactive ketones (excluding diaryl/α,β-unsaturated/α-hetero) is 1. The molecule has 0 saturated heterocycles. The number of allylic oxidation sites excluding steroid dienone is 1. The summed E-state index contributed by atoms with van der Waals surface area (Å²) < 4.78 is 11.3. The van der Waals surface area contributed by atoms with Crippen molar-refractivity contribution in [2.75, 3.05) is 13.2 Å². The van der Waals surface area contributed by atoms with Crippen LogP contribution in [0.2, 0.25) is 0 Å². The van der Waals surface area contributed by atoms with E-state index in [4.69, 9.17) is 14.5 Å². The van der Waals surface area contributed by atoms with E-state index in [2.05, 4.69) is 0 Å². The minimum absolute atomic E-state index is 0.149. The van der Waals surface area contributed by atoms with Gasteiger partial charge in [0, 0.05) is 30.2 Å². The summed E-state index contributed by atoms with van der Waals surface area (Å²) in [6, 6.07) is 17.6. The molecule has 32 heavy (non-hydrogen) atoms. The third kappa shape index (κ3) is 4.67.